The van der Waals surface area contributed by atoms with Gasteiger partial charge in [0.05, 0.1) is 6.54 Å². The second kappa shape index (κ2) is 1.72. The Morgan fingerprint density at radius 3 is 2.00 bits per heavy atom. The summed E-state index contributed by atoms with van der Waals surface area (Å²) < 4.78 is 0. The smallest absolute Gasteiger partial charge is 0.231 e. The van der Waals surface area contributed by atoms with Crippen LogP contribution in [-0.2, 0) is 4.79 Å². The maximum atomic E-state index is 9.47. The molecule has 0 aliphatic carbocycles. The first-order valence-electron chi connectivity index (χ1n) is 1.25. The maximum Gasteiger partial charge on any atom is 0.231 e. The van der Waals surface area contributed by atoms with Gasteiger partial charge >= 0.3 is 0 Å². The third-order valence-electron chi connectivity index (χ3n) is 0.201. The highest BCUT2D eigenvalue weighted by molar-refractivity contribution is 5.75. The number of hydrogen-bond donors (Lipinski definition) is 2. The van der Waals surface area contributed by atoms with E-state index in [-0.39, 0.29) is 6.54 Å². The minimum atomic E-state index is -0.468. The van der Waals surface area contributed by atoms with Crippen molar-refractivity contribution in [2.24, 2.45) is 11.5 Å². The van der Waals surface area contributed by atoms with Gasteiger partial charge in [0.25, 0.3) is 0 Å². The number of carbonyl (C=O) groups is 1. The van der Waals surface area contributed by atoms with Crippen molar-refractivity contribution in [3.05, 3.63) is 0 Å². The van der Waals surface area contributed by atoms with Gasteiger partial charge in [0.2, 0.25) is 5.91 Å². The molecule has 0 heterocycles. The lowest BCUT2D eigenvalue weighted by Gasteiger charge is -1.74. The molecule has 0 spiro atoms. The molecule has 0 fully saturated rings. The van der Waals surface area contributed by atoms with E-state index in [0.29, 0.717) is 0 Å². The van der Waals surface area contributed by atoms with Crippen molar-refractivity contribution < 1.29 is 4.79 Å². The van der Waals surface area contributed by atoms with Crippen LogP contribution in [0.5, 0.6) is 0 Å². The topological polar surface area (TPSA) is 69.1 Å². The van der Waals surface area contributed by atoms with E-state index in [2.05, 4.69) is 5.73 Å². The summed E-state index contributed by atoms with van der Waals surface area (Å²) in [6.07, 6.45) is 0. The van der Waals surface area contributed by atoms with Crippen molar-refractivity contribution in [3.8, 4) is 0 Å². The molecule has 0 rings (SSSR count). The lowest BCUT2D eigenvalue weighted by molar-refractivity contribution is -0.116. The SMILES string of the molecule is N[13CH2][13C]([15NH2])=O. The first-order valence-corrected chi connectivity index (χ1v) is 1.25. The van der Waals surface area contributed by atoms with Gasteiger partial charge < -0.3 is 11.5 Å². The van der Waals surface area contributed by atoms with Gasteiger partial charge in [-0.25, -0.2) is 0 Å². The standard InChI is InChI=1S/C2H6N2O/c3-1-2(4)5/h1,3H2,(H2,4,5)/i1+1,2+1,4+1. The van der Waals surface area contributed by atoms with Crippen LogP contribution in [0.15, 0.2) is 0 Å². The van der Waals surface area contributed by atoms with Crippen molar-refractivity contribution in [2.75, 3.05) is 6.54 Å². The molecular formula is C2H6N2O. The number of carbonyl (C=O) groups excluding carboxylic acids is 1. The Kier molecular flexibility index (Phi) is 1.53. The van der Waals surface area contributed by atoms with Crippen LogP contribution in [0.1, 0.15) is 0 Å². The molecule has 0 radical (unpaired) electrons. The third-order valence-corrected chi connectivity index (χ3v) is 0.201. The molecule has 0 aliphatic heterocycles. The van der Waals surface area contributed by atoms with Crippen molar-refractivity contribution in [2.45, 2.75) is 0 Å². The number of amides is 1. The highest BCUT2D eigenvalue weighted by atomic mass is 16.2. The summed E-state index contributed by atoms with van der Waals surface area (Å²) in [6.45, 7) is -0.0556. The molecular weight excluding hydrogens is 71.0 g/mol. The van der Waals surface area contributed by atoms with Crippen molar-refractivity contribution in [1.82, 2.24) is 0 Å². The van der Waals surface area contributed by atoms with Gasteiger partial charge in [-0.15, -0.1) is 0 Å². The molecule has 4 N–H and O–H groups in total. The lowest BCUT2D eigenvalue weighted by Crippen LogP contribution is -2.21. The summed E-state index contributed by atoms with van der Waals surface area (Å²) in [5.74, 6) is -0.468. The van der Waals surface area contributed by atoms with Gasteiger partial charge in [-0.2, -0.15) is 0 Å². The van der Waals surface area contributed by atoms with E-state index in [1.807, 2.05) is 0 Å². The lowest BCUT2D eigenvalue weighted by atomic mass is 11.6. The Labute approximate surface area is 29.9 Å². The van der Waals surface area contributed by atoms with E-state index in [1.54, 1.807) is 0 Å². The van der Waals surface area contributed by atoms with E-state index in [4.69, 9.17) is 5.73 Å². The average Bonchev–Trinajstić information content (AvgIpc) is 1.38. The van der Waals surface area contributed by atoms with Gasteiger partial charge in [0.15, 0.2) is 0 Å². The number of rotatable bonds is 1. The van der Waals surface area contributed by atoms with E-state index in [0.717, 1.165) is 0 Å². The Morgan fingerprint density at radius 2 is 2.00 bits per heavy atom. The molecule has 0 aliphatic rings. The number of primary amides is 1. The molecule has 3 heteroatoms. The summed E-state index contributed by atoms with van der Waals surface area (Å²) in [5.41, 5.74) is 9.22. The number of hydrogen-bond acceptors (Lipinski definition) is 2. The molecule has 0 saturated heterocycles. The van der Waals surface area contributed by atoms with Crippen LogP contribution in [0.3, 0.4) is 0 Å². The van der Waals surface area contributed by atoms with Crippen LogP contribution in [0.4, 0.5) is 0 Å². The Balaban J connectivity index is 2.85. The van der Waals surface area contributed by atoms with Gasteiger partial charge in [-0.1, -0.05) is 0 Å². The summed E-state index contributed by atoms with van der Waals surface area (Å²) in [5, 5.41) is 0. The molecule has 0 aromatic heterocycles. The maximum absolute atomic E-state index is 9.47. The molecule has 0 bridgehead atoms. The van der Waals surface area contributed by atoms with Crippen LogP contribution in [-0.4, -0.2) is 12.5 Å². The average molecular weight is 77.1 g/mol. The Hall–Kier alpha value is -0.570. The summed E-state index contributed by atoms with van der Waals surface area (Å²) in [6, 6.07) is 0. The minimum absolute atomic E-state index is 0.0556. The van der Waals surface area contributed by atoms with Gasteiger partial charge in [0, 0.05) is 0 Å². The fraction of sp³-hybridized carbons (Fsp3) is 0.500. The zero-order chi connectivity index (χ0) is 4.28. The molecule has 0 aromatic carbocycles. The second-order valence-corrected chi connectivity index (χ2v) is 0.670. The van der Waals surface area contributed by atoms with Crippen LogP contribution < -0.4 is 11.5 Å². The molecule has 0 atom stereocenters. The zero-order valence-corrected chi connectivity index (χ0v) is 2.77. The van der Waals surface area contributed by atoms with Gasteiger partial charge in [0.1, 0.15) is 0 Å². The molecule has 0 aromatic rings. The van der Waals surface area contributed by atoms with Crippen LogP contribution >= 0.6 is 0 Å². The van der Waals surface area contributed by atoms with Crippen molar-refractivity contribution in [1.29, 1.82) is 0 Å². The number of nitrogens with two attached hydrogens (primary N) is 2. The molecule has 1 amide bonds. The fourth-order valence-electron chi connectivity index (χ4n) is 0. The Morgan fingerprint density at radius 1 is 1.80 bits per heavy atom. The Bertz CT molecular complexity index is 42.9. The quantitative estimate of drug-likeness (QED) is 0.293. The first kappa shape index (κ1) is 4.43. The van der Waals surface area contributed by atoms with Crippen LogP contribution in [0.25, 0.3) is 0 Å². The van der Waals surface area contributed by atoms with Crippen molar-refractivity contribution in [3.63, 3.8) is 0 Å². The minimum Gasteiger partial charge on any atom is -0.369 e. The summed E-state index contributed by atoms with van der Waals surface area (Å²) in [4.78, 5) is 9.47. The monoisotopic (exact) mass is 77.1 g/mol. The van der Waals surface area contributed by atoms with Gasteiger partial charge in [-0.3, -0.25) is 4.79 Å². The molecule has 3 nitrogen and oxygen atoms in total. The summed E-state index contributed by atoms with van der Waals surface area (Å²) >= 11 is 0. The molecule has 30 valence electrons. The third kappa shape index (κ3) is 3.43. The highest BCUT2D eigenvalue weighted by Gasteiger charge is 1.77. The molecule has 0 unspecified atom stereocenters. The summed E-state index contributed by atoms with van der Waals surface area (Å²) in [7, 11) is 0. The first-order chi connectivity index (χ1) is 2.27. The fourth-order valence-corrected chi connectivity index (χ4v) is 0. The molecule has 0 saturated carbocycles. The van der Waals surface area contributed by atoms with Crippen molar-refractivity contribution >= 4 is 5.91 Å². The predicted octanol–water partition coefficient (Wildman–Crippen LogP) is -1.57. The zero-order valence-electron chi connectivity index (χ0n) is 2.77. The second-order valence-electron chi connectivity index (χ2n) is 0.670. The van der Waals surface area contributed by atoms with E-state index < -0.39 is 5.91 Å². The normalized spacial score (nSPS) is 7.40. The van der Waals surface area contributed by atoms with E-state index in [9.17, 15) is 4.79 Å². The van der Waals surface area contributed by atoms with Crippen LogP contribution in [0, 0.1) is 0 Å². The highest BCUT2D eigenvalue weighted by Crippen LogP contribution is 1.36. The molecule has 5 heavy (non-hydrogen) atoms. The largest absolute Gasteiger partial charge is 0.369 e. The van der Waals surface area contributed by atoms with E-state index >= 15 is 0 Å². The predicted molar refractivity (Wildman–Crippen MR) is 18.2 cm³/mol. The van der Waals surface area contributed by atoms with E-state index in [1.165, 1.54) is 0 Å². The van der Waals surface area contributed by atoms with Crippen LogP contribution in [0.2, 0.25) is 0 Å². The van der Waals surface area contributed by atoms with Gasteiger partial charge in [-0.05, 0) is 0 Å².